The molecule has 0 saturated carbocycles. The van der Waals surface area contributed by atoms with Crippen molar-refractivity contribution in [2.75, 3.05) is 5.73 Å². The number of halogens is 1. The first-order valence-electron chi connectivity index (χ1n) is 5.28. The zero-order chi connectivity index (χ0) is 11.8. The summed E-state index contributed by atoms with van der Waals surface area (Å²) in [5, 5.41) is 0.957. The Kier molecular flexibility index (Phi) is 2.11. The van der Waals surface area contributed by atoms with E-state index >= 15 is 0 Å². The average Bonchev–Trinajstić information content (AvgIpc) is 2.72. The van der Waals surface area contributed by atoms with E-state index in [1.54, 1.807) is 12.1 Å². The standard InChI is InChI=1S/C14H10FNO/c15-12-8-10(16)5-6-11(12)14-7-9-3-1-2-4-13(9)17-14/h1-8H,16H2. The van der Waals surface area contributed by atoms with Gasteiger partial charge >= 0.3 is 0 Å². The van der Waals surface area contributed by atoms with Crippen molar-refractivity contribution < 1.29 is 8.81 Å². The van der Waals surface area contributed by atoms with Gasteiger partial charge in [-0.15, -0.1) is 0 Å². The number of nitrogen functional groups attached to an aromatic ring is 1. The van der Waals surface area contributed by atoms with Crippen molar-refractivity contribution >= 4 is 16.7 Å². The van der Waals surface area contributed by atoms with Crippen LogP contribution < -0.4 is 5.73 Å². The predicted octanol–water partition coefficient (Wildman–Crippen LogP) is 3.82. The predicted molar refractivity (Wildman–Crippen MR) is 66.0 cm³/mol. The molecule has 2 aromatic carbocycles. The molecule has 0 aliphatic heterocycles. The first-order chi connectivity index (χ1) is 8.24. The van der Waals surface area contributed by atoms with Crippen LogP contribution in [0.5, 0.6) is 0 Å². The summed E-state index contributed by atoms with van der Waals surface area (Å²) >= 11 is 0. The summed E-state index contributed by atoms with van der Waals surface area (Å²) in [5.41, 5.74) is 7.09. The third kappa shape index (κ3) is 1.65. The van der Waals surface area contributed by atoms with Crippen molar-refractivity contribution in [3.63, 3.8) is 0 Å². The molecule has 3 aromatic rings. The molecule has 84 valence electrons. The Hall–Kier alpha value is -2.29. The Bertz CT molecular complexity index is 655. The van der Waals surface area contributed by atoms with Gasteiger partial charge in [0.25, 0.3) is 0 Å². The Morgan fingerprint density at radius 2 is 1.82 bits per heavy atom. The molecule has 1 aromatic heterocycles. The molecule has 0 fully saturated rings. The monoisotopic (exact) mass is 227 g/mol. The first-order valence-corrected chi connectivity index (χ1v) is 5.28. The molecule has 0 amide bonds. The molecule has 17 heavy (non-hydrogen) atoms. The number of rotatable bonds is 1. The molecule has 0 aliphatic rings. The smallest absolute Gasteiger partial charge is 0.138 e. The average molecular weight is 227 g/mol. The summed E-state index contributed by atoms with van der Waals surface area (Å²) < 4.78 is 19.3. The number of benzene rings is 2. The largest absolute Gasteiger partial charge is 0.456 e. The maximum Gasteiger partial charge on any atom is 0.138 e. The molecule has 0 bridgehead atoms. The Labute approximate surface area is 97.5 Å². The second-order valence-corrected chi connectivity index (χ2v) is 3.89. The normalized spacial score (nSPS) is 10.9. The van der Waals surface area contributed by atoms with E-state index in [-0.39, 0.29) is 5.82 Å². The number of furan rings is 1. The zero-order valence-corrected chi connectivity index (χ0v) is 8.98. The van der Waals surface area contributed by atoms with E-state index in [0.717, 1.165) is 11.0 Å². The van der Waals surface area contributed by atoms with Gasteiger partial charge in [0.2, 0.25) is 0 Å². The summed E-state index contributed by atoms with van der Waals surface area (Å²) in [4.78, 5) is 0. The Morgan fingerprint density at radius 3 is 2.59 bits per heavy atom. The fourth-order valence-electron chi connectivity index (χ4n) is 1.85. The highest BCUT2D eigenvalue weighted by atomic mass is 19.1. The highest BCUT2D eigenvalue weighted by Gasteiger charge is 2.10. The van der Waals surface area contributed by atoms with Gasteiger partial charge in [-0.25, -0.2) is 4.39 Å². The van der Waals surface area contributed by atoms with Crippen molar-refractivity contribution in [2.45, 2.75) is 0 Å². The first kappa shape index (κ1) is 9.90. The SMILES string of the molecule is Nc1ccc(-c2cc3ccccc3o2)c(F)c1. The van der Waals surface area contributed by atoms with Gasteiger partial charge in [-0.3, -0.25) is 0 Å². The number of hydrogen-bond donors (Lipinski definition) is 1. The van der Waals surface area contributed by atoms with E-state index in [2.05, 4.69) is 0 Å². The van der Waals surface area contributed by atoms with Gasteiger partial charge < -0.3 is 10.2 Å². The molecule has 2 N–H and O–H groups in total. The maximum absolute atomic E-state index is 13.7. The number of nitrogens with two attached hydrogens (primary N) is 1. The molecule has 0 aliphatic carbocycles. The fourth-order valence-corrected chi connectivity index (χ4v) is 1.85. The van der Waals surface area contributed by atoms with Gasteiger partial charge in [-0.2, -0.15) is 0 Å². The molecule has 0 unspecified atom stereocenters. The van der Waals surface area contributed by atoms with E-state index < -0.39 is 0 Å². The second-order valence-electron chi connectivity index (χ2n) is 3.89. The minimum absolute atomic E-state index is 0.371. The lowest BCUT2D eigenvalue weighted by atomic mass is 10.1. The molecule has 3 rings (SSSR count). The van der Waals surface area contributed by atoms with Crippen LogP contribution >= 0.6 is 0 Å². The lowest BCUT2D eigenvalue weighted by Crippen LogP contribution is -1.88. The quantitative estimate of drug-likeness (QED) is 0.642. The summed E-state index contributed by atoms with van der Waals surface area (Å²) in [6, 6.07) is 14.0. The van der Waals surface area contributed by atoms with Gasteiger partial charge in [0, 0.05) is 11.1 Å². The molecule has 1 heterocycles. The highest BCUT2D eigenvalue weighted by molar-refractivity contribution is 5.83. The molecule has 0 saturated heterocycles. The van der Waals surface area contributed by atoms with Crippen LogP contribution in [0.2, 0.25) is 0 Å². The third-order valence-electron chi connectivity index (χ3n) is 2.68. The number of hydrogen-bond acceptors (Lipinski definition) is 2. The third-order valence-corrected chi connectivity index (χ3v) is 2.68. The zero-order valence-electron chi connectivity index (χ0n) is 8.98. The topological polar surface area (TPSA) is 39.2 Å². The second kappa shape index (κ2) is 3.63. The van der Waals surface area contributed by atoms with E-state index in [9.17, 15) is 4.39 Å². The number of para-hydroxylation sites is 1. The lowest BCUT2D eigenvalue weighted by Gasteiger charge is -1.99. The molecule has 0 atom stereocenters. The fraction of sp³-hybridized carbons (Fsp3) is 0. The van der Waals surface area contributed by atoms with E-state index in [1.807, 2.05) is 30.3 Å². The van der Waals surface area contributed by atoms with Crippen LogP contribution in [0, 0.1) is 5.82 Å². The van der Waals surface area contributed by atoms with Crippen molar-refractivity contribution in [3.05, 3.63) is 54.3 Å². The molecular weight excluding hydrogens is 217 g/mol. The van der Waals surface area contributed by atoms with Gasteiger partial charge in [0.15, 0.2) is 0 Å². The van der Waals surface area contributed by atoms with E-state index in [4.69, 9.17) is 10.2 Å². The van der Waals surface area contributed by atoms with Crippen molar-refractivity contribution in [1.82, 2.24) is 0 Å². The summed E-state index contributed by atoms with van der Waals surface area (Å²) in [7, 11) is 0. The van der Waals surface area contributed by atoms with Crippen molar-refractivity contribution in [3.8, 4) is 11.3 Å². The van der Waals surface area contributed by atoms with Gasteiger partial charge in [-0.05, 0) is 30.3 Å². The number of fused-ring (bicyclic) bond motifs is 1. The van der Waals surface area contributed by atoms with Gasteiger partial charge in [0.05, 0.1) is 5.56 Å². The van der Waals surface area contributed by atoms with Gasteiger partial charge in [-0.1, -0.05) is 18.2 Å². The molecule has 2 nitrogen and oxygen atoms in total. The Balaban J connectivity index is 2.20. The summed E-state index contributed by atoms with van der Waals surface area (Å²) in [5.74, 6) is 0.146. The van der Waals surface area contributed by atoms with Crippen LogP contribution in [0.1, 0.15) is 0 Å². The van der Waals surface area contributed by atoms with E-state index in [0.29, 0.717) is 17.0 Å². The highest BCUT2D eigenvalue weighted by Crippen LogP contribution is 2.30. The van der Waals surface area contributed by atoms with Crippen LogP contribution in [-0.4, -0.2) is 0 Å². The summed E-state index contributed by atoms with van der Waals surface area (Å²) in [6.07, 6.45) is 0. The van der Waals surface area contributed by atoms with Crippen molar-refractivity contribution in [2.24, 2.45) is 0 Å². The molecule has 3 heteroatoms. The van der Waals surface area contributed by atoms with Gasteiger partial charge in [0.1, 0.15) is 17.2 Å². The van der Waals surface area contributed by atoms with Crippen LogP contribution in [0.15, 0.2) is 52.9 Å². The van der Waals surface area contributed by atoms with E-state index in [1.165, 1.54) is 6.07 Å². The molecular formula is C14H10FNO. The lowest BCUT2D eigenvalue weighted by molar-refractivity contribution is 0.602. The summed E-state index contributed by atoms with van der Waals surface area (Å²) in [6.45, 7) is 0. The number of anilines is 1. The molecule has 0 radical (unpaired) electrons. The maximum atomic E-state index is 13.7. The minimum atomic E-state index is -0.371. The van der Waals surface area contributed by atoms with Crippen LogP contribution in [0.25, 0.3) is 22.3 Å². The minimum Gasteiger partial charge on any atom is -0.456 e. The van der Waals surface area contributed by atoms with Crippen LogP contribution in [-0.2, 0) is 0 Å². The Morgan fingerprint density at radius 1 is 1.00 bits per heavy atom. The van der Waals surface area contributed by atoms with Crippen LogP contribution in [0.4, 0.5) is 10.1 Å². The van der Waals surface area contributed by atoms with Crippen molar-refractivity contribution in [1.29, 1.82) is 0 Å². The molecule has 0 spiro atoms. The van der Waals surface area contributed by atoms with Crippen LogP contribution in [0.3, 0.4) is 0 Å².